The highest BCUT2D eigenvalue weighted by molar-refractivity contribution is 5.28. The van der Waals surface area contributed by atoms with Crippen LogP contribution in [0.4, 0.5) is 0 Å². The highest BCUT2D eigenvalue weighted by Crippen LogP contribution is 2.18. The zero-order chi connectivity index (χ0) is 13.4. The molecule has 0 saturated heterocycles. The maximum atomic E-state index is 5.71. The third kappa shape index (κ3) is 5.52. The summed E-state index contributed by atoms with van der Waals surface area (Å²) < 4.78 is 10.7. The standard InChI is InChI=1S/C15H25NO2/c1-13(2)14-5-7-15(8-6-14)18-12-10-16(3)9-11-17-4/h5-8,13H,9-12H2,1-4H3. The van der Waals surface area contributed by atoms with E-state index < -0.39 is 0 Å². The summed E-state index contributed by atoms with van der Waals surface area (Å²) in [5.74, 6) is 1.51. The average molecular weight is 251 g/mol. The van der Waals surface area contributed by atoms with Crippen LogP contribution in [0.15, 0.2) is 24.3 Å². The maximum Gasteiger partial charge on any atom is 0.119 e. The van der Waals surface area contributed by atoms with Crippen molar-refractivity contribution in [3.63, 3.8) is 0 Å². The van der Waals surface area contributed by atoms with E-state index >= 15 is 0 Å². The van der Waals surface area contributed by atoms with Gasteiger partial charge in [-0.2, -0.15) is 0 Å². The van der Waals surface area contributed by atoms with E-state index in [2.05, 4.69) is 37.9 Å². The molecule has 1 aromatic rings. The molecule has 0 aliphatic rings. The van der Waals surface area contributed by atoms with Crippen LogP contribution >= 0.6 is 0 Å². The van der Waals surface area contributed by atoms with Gasteiger partial charge in [-0.15, -0.1) is 0 Å². The second-order valence-corrected chi connectivity index (χ2v) is 4.87. The minimum absolute atomic E-state index is 0.569. The van der Waals surface area contributed by atoms with Gasteiger partial charge >= 0.3 is 0 Å². The van der Waals surface area contributed by atoms with Crippen LogP contribution in [-0.4, -0.2) is 45.4 Å². The Bertz CT molecular complexity index is 322. The van der Waals surface area contributed by atoms with Crippen molar-refractivity contribution in [2.24, 2.45) is 0 Å². The first-order valence-electron chi connectivity index (χ1n) is 6.53. The molecule has 0 N–H and O–H groups in total. The fraction of sp³-hybridized carbons (Fsp3) is 0.600. The summed E-state index contributed by atoms with van der Waals surface area (Å²) in [6, 6.07) is 8.36. The zero-order valence-electron chi connectivity index (χ0n) is 12.0. The Morgan fingerprint density at radius 1 is 1.06 bits per heavy atom. The summed E-state index contributed by atoms with van der Waals surface area (Å²) in [5.41, 5.74) is 1.35. The lowest BCUT2D eigenvalue weighted by Crippen LogP contribution is -2.27. The molecule has 3 heteroatoms. The van der Waals surface area contributed by atoms with Gasteiger partial charge in [0.05, 0.1) is 6.61 Å². The number of nitrogens with zero attached hydrogens (tertiary/aromatic N) is 1. The molecular weight excluding hydrogens is 226 g/mol. The quantitative estimate of drug-likeness (QED) is 0.709. The van der Waals surface area contributed by atoms with Gasteiger partial charge in [0.2, 0.25) is 0 Å². The fourth-order valence-corrected chi connectivity index (χ4v) is 1.63. The van der Waals surface area contributed by atoms with E-state index in [-0.39, 0.29) is 0 Å². The first-order valence-corrected chi connectivity index (χ1v) is 6.53. The fourth-order valence-electron chi connectivity index (χ4n) is 1.63. The second-order valence-electron chi connectivity index (χ2n) is 4.87. The van der Waals surface area contributed by atoms with Crippen molar-refractivity contribution in [3.05, 3.63) is 29.8 Å². The van der Waals surface area contributed by atoms with Crippen molar-refractivity contribution in [1.82, 2.24) is 4.90 Å². The Labute approximate surface area is 111 Å². The van der Waals surface area contributed by atoms with E-state index in [0.29, 0.717) is 12.5 Å². The van der Waals surface area contributed by atoms with Crippen molar-refractivity contribution >= 4 is 0 Å². The second kappa shape index (κ2) is 8.11. The molecule has 1 aromatic carbocycles. The lowest BCUT2D eigenvalue weighted by atomic mass is 10.0. The molecular formula is C15H25NO2. The first kappa shape index (κ1) is 15.0. The monoisotopic (exact) mass is 251 g/mol. The van der Waals surface area contributed by atoms with E-state index in [4.69, 9.17) is 9.47 Å². The lowest BCUT2D eigenvalue weighted by molar-refractivity contribution is 0.150. The zero-order valence-corrected chi connectivity index (χ0v) is 12.0. The predicted octanol–water partition coefficient (Wildman–Crippen LogP) is 2.77. The van der Waals surface area contributed by atoms with Crippen LogP contribution in [0.25, 0.3) is 0 Å². The molecule has 0 bridgehead atoms. The molecule has 18 heavy (non-hydrogen) atoms. The van der Waals surface area contributed by atoms with Crippen molar-refractivity contribution < 1.29 is 9.47 Å². The SMILES string of the molecule is COCCN(C)CCOc1ccc(C(C)C)cc1. The van der Waals surface area contributed by atoms with Crippen LogP contribution in [0.3, 0.4) is 0 Å². The van der Waals surface area contributed by atoms with Crippen molar-refractivity contribution in [3.8, 4) is 5.75 Å². The van der Waals surface area contributed by atoms with Gasteiger partial charge in [-0.25, -0.2) is 0 Å². The lowest BCUT2D eigenvalue weighted by Gasteiger charge is -2.16. The van der Waals surface area contributed by atoms with Gasteiger partial charge in [0.25, 0.3) is 0 Å². The van der Waals surface area contributed by atoms with Crippen LogP contribution < -0.4 is 4.74 Å². The van der Waals surface area contributed by atoms with E-state index in [1.807, 2.05) is 12.1 Å². The molecule has 0 aromatic heterocycles. The summed E-state index contributed by atoms with van der Waals surface area (Å²) in [6.07, 6.45) is 0. The van der Waals surface area contributed by atoms with E-state index in [1.165, 1.54) is 5.56 Å². The highest BCUT2D eigenvalue weighted by atomic mass is 16.5. The molecule has 0 saturated carbocycles. The van der Waals surface area contributed by atoms with E-state index in [9.17, 15) is 0 Å². The topological polar surface area (TPSA) is 21.7 Å². The van der Waals surface area contributed by atoms with Gasteiger partial charge in [0.15, 0.2) is 0 Å². The largest absolute Gasteiger partial charge is 0.492 e. The van der Waals surface area contributed by atoms with Crippen molar-refractivity contribution in [1.29, 1.82) is 0 Å². The van der Waals surface area contributed by atoms with E-state index in [0.717, 1.165) is 25.4 Å². The van der Waals surface area contributed by atoms with Crippen molar-refractivity contribution in [2.75, 3.05) is 40.5 Å². The molecule has 0 fully saturated rings. The molecule has 0 unspecified atom stereocenters. The Morgan fingerprint density at radius 2 is 1.67 bits per heavy atom. The van der Waals surface area contributed by atoms with Gasteiger partial charge in [0.1, 0.15) is 12.4 Å². The molecule has 0 atom stereocenters. The average Bonchev–Trinajstić information content (AvgIpc) is 2.37. The summed E-state index contributed by atoms with van der Waals surface area (Å²) >= 11 is 0. The van der Waals surface area contributed by atoms with Crippen LogP contribution in [-0.2, 0) is 4.74 Å². The number of ether oxygens (including phenoxy) is 2. The van der Waals surface area contributed by atoms with Gasteiger partial charge in [-0.3, -0.25) is 0 Å². The molecule has 0 heterocycles. The normalized spacial score (nSPS) is 11.2. The highest BCUT2D eigenvalue weighted by Gasteiger charge is 2.01. The van der Waals surface area contributed by atoms with Crippen LogP contribution in [0.1, 0.15) is 25.3 Å². The van der Waals surface area contributed by atoms with E-state index in [1.54, 1.807) is 7.11 Å². The number of hydrogen-bond acceptors (Lipinski definition) is 3. The minimum Gasteiger partial charge on any atom is -0.492 e. The van der Waals surface area contributed by atoms with Crippen LogP contribution in [0.5, 0.6) is 5.75 Å². The number of rotatable bonds is 8. The third-order valence-corrected chi connectivity index (χ3v) is 2.97. The van der Waals surface area contributed by atoms with Gasteiger partial charge < -0.3 is 14.4 Å². The Balaban J connectivity index is 2.26. The Hall–Kier alpha value is -1.06. The summed E-state index contributed by atoms with van der Waals surface area (Å²) in [6.45, 7) is 7.71. The van der Waals surface area contributed by atoms with Gasteiger partial charge in [0, 0.05) is 20.2 Å². The van der Waals surface area contributed by atoms with Crippen molar-refractivity contribution in [2.45, 2.75) is 19.8 Å². The van der Waals surface area contributed by atoms with Crippen LogP contribution in [0, 0.1) is 0 Å². The molecule has 0 radical (unpaired) electrons. The molecule has 0 amide bonds. The predicted molar refractivity (Wildman–Crippen MR) is 75.4 cm³/mol. The molecule has 0 spiro atoms. The van der Waals surface area contributed by atoms with Gasteiger partial charge in [-0.05, 0) is 30.7 Å². The Kier molecular flexibility index (Phi) is 6.76. The molecule has 1 rings (SSSR count). The van der Waals surface area contributed by atoms with Gasteiger partial charge in [-0.1, -0.05) is 26.0 Å². The number of likely N-dealkylation sites (N-methyl/N-ethyl adjacent to an activating group) is 1. The number of hydrogen-bond donors (Lipinski definition) is 0. The number of benzene rings is 1. The molecule has 0 aliphatic heterocycles. The Morgan fingerprint density at radius 3 is 2.22 bits per heavy atom. The summed E-state index contributed by atoms with van der Waals surface area (Å²) in [4.78, 5) is 2.20. The maximum absolute atomic E-state index is 5.71. The smallest absolute Gasteiger partial charge is 0.119 e. The molecule has 102 valence electrons. The summed E-state index contributed by atoms with van der Waals surface area (Å²) in [5, 5.41) is 0. The number of methoxy groups -OCH3 is 1. The first-order chi connectivity index (χ1) is 8.63. The minimum atomic E-state index is 0.569. The molecule has 0 aliphatic carbocycles. The molecule has 3 nitrogen and oxygen atoms in total. The third-order valence-electron chi connectivity index (χ3n) is 2.97. The van der Waals surface area contributed by atoms with Crippen LogP contribution in [0.2, 0.25) is 0 Å². The summed E-state index contributed by atoms with van der Waals surface area (Å²) in [7, 11) is 3.80.